The van der Waals surface area contributed by atoms with E-state index in [-0.39, 0.29) is 29.0 Å². The number of carbonyl (C=O) groups excluding carboxylic acids is 2. The molecule has 2 amide bonds. The molecule has 2 N–H and O–H groups in total. The van der Waals surface area contributed by atoms with Crippen molar-refractivity contribution >= 4 is 43.2 Å². The largest absolute Gasteiger partial charge is 0.352 e. The van der Waals surface area contributed by atoms with E-state index in [1.54, 1.807) is 12.3 Å². The number of pyridine rings is 1. The van der Waals surface area contributed by atoms with Gasteiger partial charge in [0.05, 0.1) is 22.0 Å². The Hall–Kier alpha value is -2.92. The summed E-state index contributed by atoms with van der Waals surface area (Å²) in [6.45, 7) is 2.64. The van der Waals surface area contributed by atoms with E-state index in [1.807, 2.05) is 12.1 Å². The van der Waals surface area contributed by atoms with Crippen LogP contribution in [0, 0.1) is 5.82 Å². The SMILES string of the molecule is CC(C)S(=O)(=O)C(C(=O)NCC(=O)NC1CC1)c1nc2cc(F)c(-c3ccc(C4CC4)nc3)cc2s1. The molecule has 0 radical (unpaired) electrons. The Morgan fingerprint density at radius 3 is 2.53 bits per heavy atom. The third-order valence-electron chi connectivity index (χ3n) is 6.40. The van der Waals surface area contributed by atoms with E-state index in [4.69, 9.17) is 0 Å². The van der Waals surface area contributed by atoms with Gasteiger partial charge in [-0.05, 0) is 51.7 Å². The predicted octanol–water partition coefficient (Wildman–Crippen LogP) is 3.63. The fraction of sp³-hybridized carbons (Fsp3) is 0.440. The number of aromatic nitrogens is 2. The molecule has 5 rings (SSSR count). The quantitative estimate of drug-likeness (QED) is 0.436. The van der Waals surface area contributed by atoms with E-state index in [1.165, 1.54) is 19.9 Å². The Morgan fingerprint density at radius 1 is 1.17 bits per heavy atom. The summed E-state index contributed by atoms with van der Waals surface area (Å²) >= 11 is 1.03. The maximum absolute atomic E-state index is 15.0. The molecule has 190 valence electrons. The summed E-state index contributed by atoms with van der Waals surface area (Å²) in [7, 11) is -3.98. The first-order valence-corrected chi connectivity index (χ1v) is 14.4. The van der Waals surface area contributed by atoms with E-state index < -0.39 is 32.1 Å². The van der Waals surface area contributed by atoms with Crippen LogP contribution in [0.25, 0.3) is 21.3 Å². The second-order valence-electron chi connectivity index (χ2n) is 9.68. The van der Waals surface area contributed by atoms with Crippen LogP contribution >= 0.6 is 11.3 Å². The maximum atomic E-state index is 15.0. The zero-order valence-corrected chi connectivity index (χ0v) is 21.6. The number of nitrogens with one attached hydrogen (secondary N) is 2. The highest BCUT2D eigenvalue weighted by Crippen LogP contribution is 2.40. The summed E-state index contributed by atoms with van der Waals surface area (Å²) in [4.78, 5) is 33.8. The van der Waals surface area contributed by atoms with E-state index in [9.17, 15) is 18.0 Å². The molecule has 2 fully saturated rings. The number of benzene rings is 1. The number of hydrogen-bond donors (Lipinski definition) is 2. The van der Waals surface area contributed by atoms with Crippen molar-refractivity contribution in [1.29, 1.82) is 0 Å². The number of amides is 2. The van der Waals surface area contributed by atoms with Crippen molar-refractivity contribution in [1.82, 2.24) is 20.6 Å². The molecule has 1 aromatic carbocycles. The summed E-state index contributed by atoms with van der Waals surface area (Å²) in [6.07, 6.45) is 5.68. The molecule has 0 spiro atoms. The zero-order chi connectivity index (χ0) is 25.6. The number of thiazole rings is 1. The number of fused-ring (bicyclic) bond motifs is 1. The summed E-state index contributed by atoms with van der Waals surface area (Å²) < 4.78 is 41.9. The normalized spacial score (nSPS) is 16.8. The number of rotatable bonds is 9. The van der Waals surface area contributed by atoms with Crippen molar-refractivity contribution in [2.75, 3.05) is 6.54 Å². The van der Waals surface area contributed by atoms with Crippen LogP contribution in [0.15, 0.2) is 30.5 Å². The molecular weight excluding hydrogens is 503 g/mol. The van der Waals surface area contributed by atoms with Gasteiger partial charge in [-0.1, -0.05) is 6.07 Å². The highest BCUT2D eigenvalue weighted by molar-refractivity contribution is 7.93. The highest BCUT2D eigenvalue weighted by atomic mass is 32.2. The lowest BCUT2D eigenvalue weighted by molar-refractivity contribution is -0.126. The maximum Gasteiger partial charge on any atom is 0.245 e. The summed E-state index contributed by atoms with van der Waals surface area (Å²) in [5.41, 5.74) is 2.21. The van der Waals surface area contributed by atoms with Crippen LogP contribution in [0.4, 0.5) is 4.39 Å². The fourth-order valence-corrected chi connectivity index (χ4v) is 6.70. The average molecular weight is 531 g/mol. The number of hydrogen-bond acceptors (Lipinski definition) is 7. The molecule has 36 heavy (non-hydrogen) atoms. The molecular formula is C25H27FN4O4S2. The minimum atomic E-state index is -3.98. The van der Waals surface area contributed by atoms with E-state index >= 15 is 4.39 Å². The fourth-order valence-electron chi connectivity index (χ4n) is 3.93. The Balaban J connectivity index is 1.45. The Kier molecular flexibility index (Phi) is 6.54. The number of halogens is 1. The first-order valence-electron chi connectivity index (χ1n) is 12.0. The minimum absolute atomic E-state index is 0.0394. The topological polar surface area (TPSA) is 118 Å². The average Bonchev–Trinajstić information content (AvgIpc) is 3.76. The van der Waals surface area contributed by atoms with Gasteiger partial charge < -0.3 is 10.6 Å². The molecule has 2 aromatic heterocycles. The molecule has 1 atom stereocenters. The lowest BCUT2D eigenvalue weighted by Crippen LogP contribution is -2.42. The van der Waals surface area contributed by atoms with Crippen molar-refractivity contribution in [3.63, 3.8) is 0 Å². The van der Waals surface area contributed by atoms with Crippen molar-refractivity contribution < 1.29 is 22.4 Å². The lowest BCUT2D eigenvalue weighted by atomic mass is 10.1. The van der Waals surface area contributed by atoms with Gasteiger partial charge in [0.1, 0.15) is 10.8 Å². The van der Waals surface area contributed by atoms with Gasteiger partial charge in [-0.3, -0.25) is 14.6 Å². The van der Waals surface area contributed by atoms with Gasteiger partial charge in [-0.25, -0.2) is 17.8 Å². The summed E-state index contributed by atoms with van der Waals surface area (Å²) in [5, 5.41) is 2.77. The van der Waals surface area contributed by atoms with E-state index in [0.717, 1.165) is 42.7 Å². The van der Waals surface area contributed by atoms with Crippen LogP contribution in [-0.2, 0) is 19.4 Å². The molecule has 11 heteroatoms. The smallest absolute Gasteiger partial charge is 0.245 e. The molecule has 1 unspecified atom stereocenters. The van der Waals surface area contributed by atoms with Crippen molar-refractivity contribution in [3.8, 4) is 11.1 Å². The lowest BCUT2D eigenvalue weighted by Gasteiger charge is -2.17. The zero-order valence-electron chi connectivity index (χ0n) is 20.0. The van der Waals surface area contributed by atoms with Crippen LogP contribution in [0.1, 0.15) is 61.4 Å². The van der Waals surface area contributed by atoms with Gasteiger partial charge in [0.2, 0.25) is 11.8 Å². The Morgan fingerprint density at radius 2 is 1.92 bits per heavy atom. The molecule has 2 aliphatic rings. The van der Waals surface area contributed by atoms with Gasteiger partial charge in [-0.15, -0.1) is 11.3 Å². The van der Waals surface area contributed by atoms with Gasteiger partial charge in [0.25, 0.3) is 0 Å². The molecule has 8 nitrogen and oxygen atoms in total. The first kappa shape index (κ1) is 24.8. The van der Waals surface area contributed by atoms with E-state index in [0.29, 0.717) is 21.7 Å². The van der Waals surface area contributed by atoms with Crippen LogP contribution in [0.2, 0.25) is 0 Å². The van der Waals surface area contributed by atoms with Crippen LogP contribution in [0.5, 0.6) is 0 Å². The van der Waals surface area contributed by atoms with Gasteiger partial charge in [-0.2, -0.15) is 0 Å². The third-order valence-corrected chi connectivity index (χ3v) is 10.0. The summed E-state index contributed by atoms with van der Waals surface area (Å²) in [6, 6.07) is 6.72. The summed E-state index contributed by atoms with van der Waals surface area (Å²) in [5.74, 6) is -1.22. The van der Waals surface area contributed by atoms with Gasteiger partial charge in [0.15, 0.2) is 15.1 Å². The monoisotopic (exact) mass is 530 g/mol. The van der Waals surface area contributed by atoms with E-state index in [2.05, 4.69) is 20.6 Å². The predicted molar refractivity (Wildman–Crippen MR) is 136 cm³/mol. The van der Waals surface area contributed by atoms with Gasteiger partial charge >= 0.3 is 0 Å². The number of carbonyl (C=O) groups is 2. The standard InChI is InChI=1S/C25H27FN4O4S2/c1-13(2)36(33,34)23(24(32)28-12-22(31)29-16-6-7-16)25-30-20-10-18(26)17(9-21(20)35-25)15-5-8-19(27-11-15)14-3-4-14/h5,8-11,13-14,16,23H,3-4,6-7,12H2,1-2H3,(H,28,32)(H,29,31). The molecule has 3 aromatic rings. The van der Waals surface area contributed by atoms with Crippen molar-refractivity contribution in [2.45, 2.75) is 62.0 Å². The second-order valence-corrected chi connectivity index (χ2v) is 13.3. The van der Waals surface area contributed by atoms with Crippen molar-refractivity contribution in [2.24, 2.45) is 0 Å². The molecule has 0 saturated heterocycles. The molecule has 0 bridgehead atoms. The minimum Gasteiger partial charge on any atom is -0.352 e. The van der Waals surface area contributed by atoms with Crippen molar-refractivity contribution in [3.05, 3.63) is 47.0 Å². The van der Waals surface area contributed by atoms with Crippen LogP contribution in [0.3, 0.4) is 0 Å². The molecule has 2 heterocycles. The second kappa shape index (κ2) is 9.51. The Labute approximate surface area is 212 Å². The molecule has 2 aliphatic carbocycles. The molecule has 2 saturated carbocycles. The first-order chi connectivity index (χ1) is 17.1. The Bertz CT molecular complexity index is 1430. The third kappa shape index (κ3) is 5.12. The number of sulfone groups is 1. The number of nitrogens with zero attached hydrogens (tertiary/aromatic N) is 2. The highest BCUT2D eigenvalue weighted by Gasteiger charge is 2.39. The molecule has 0 aliphatic heterocycles. The van der Waals surface area contributed by atoms with Crippen LogP contribution in [-0.4, -0.2) is 48.0 Å². The van der Waals surface area contributed by atoms with Crippen LogP contribution < -0.4 is 10.6 Å². The van der Waals surface area contributed by atoms with Gasteiger partial charge in [0, 0.05) is 41.0 Å².